The molecule has 2 heterocycles. The zero-order valence-corrected chi connectivity index (χ0v) is 8.96. The summed E-state index contributed by atoms with van der Waals surface area (Å²) in [6.07, 6.45) is 1.71. The Morgan fingerprint density at radius 3 is 2.65 bits per heavy atom. The molecule has 0 bridgehead atoms. The lowest BCUT2D eigenvalue weighted by atomic mass is 10.1. The van der Waals surface area contributed by atoms with Crippen molar-refractivity contribution in [1.82, 2.24) is 4.98 Å². The van der Waals surface area contributed by atoms with Crippen LogP contribution in [0.3, 0.4) is 0 Å². The van der Waals surface area contributed by atoms with Crippen LogP contribution in [0.4, 0.5) is 0 Å². The Labute approximate surface area is 97.4 Å². The van der Waals surface area contributed by atoms with Gasteiger partial charge in [-0.2, -0.15) is 0 Å². The smallest absolute Gasteiger partial charge is 0.336 e. The van der Waals surface area contributed by atoms with Crippen LogP contribution in [0.25, 0.3) is 22.2 Å². The molecule has 0 aliphatic heterocycles. The average molecular weight is 223 g/mol. The van der Waals surface area contributed by atoms with Crippen molar-refractivity contribution < 1.29 is 4.42 Å². The summed E-state index contributed by atoms with van der Waals surface area (Å²) >= 11 is 0. The molecule has 0 aliphatic rings. The van der Waals surface area contributed by atoms with Crippen molar-refractivity contribution in [2.24, 2.45) is 0 Å². The van der Waals surface area contributed by atoms with Gasteiger partial charge in [0.1, 0.15) is 5.58 Å². The Bertz CT molecular complexity index is 717. The van der Waals surface area contributed by atoms with E-state index in [2.05, 4.69) is 4.98 Å². The van der Waals surface area contributed by atoms with E-state index in [0.717, 1.165) is 16.6 Å². The number of aromatic nitrogens is 1. The Morgan fingerprint density at radius 1 is 1.00 bits per heavy atom. The maximum absolute atomic E-state index is 11.5. The SMILES string of the molecule is O=c1cc(-c2ccccn2)c2ccccc2o1. The summed E-state index contributed by atoms with van der Waals surface area (Å²) in [5.74, 6) is 0. The third-order valence-corrected chi connectivity index (χ3v) is 2.59. The van der Waals surface area contributed by atoms with Crippen LogP contribution in [0.5, 0.6) is 0 Å². The van der Waals surface area contributed by atoms with Gasteiger partial charge in [0.15, 0.2) is 0 Å². The number of fused-ring (bicyclic) bond motifs is 1. The van der Waals surface area contributed by atoms with Crippen molar-refractivity contribution in [3.05, 3.63) is 65.1 Å². The molecule has 0 radical (unpaired) electrons. The summed E-state index contributed by atoms with van der Waals surface area (Å²) in [4.78, 5) is 15.7. The zero-order valence-electron chi connectivity index (χ0n) is 8.96. The van der Waals surface area contributed by atoms with Crippen molar-refractivity contribution in [2.75, 3.05) is 0 Å². The molecule has 0 amide bonds. The molecule has 0 unspecified atom stereocenters. The van der Waals surface area contributed by atoms with Gasteiger partial charge in [-0.3, -0.25) is 4.98 Å². The van der Waals surface area contributed by atoms with Gasteiger partial charge < -0.3 is 4.42 Å². The van der Waals surface area contributed by atoms with Gasteiger partial charge in [-0.25, -0.2) is 4.79 Å². The van der Waals surface area contributed by atoms with Gasteiger partial charge in [0.2, 0.25) is 0 Å². The van der Waals surface area contributed by atoms with E-state index in [1.54, 1.807) is 12.3 Å². The molecular weight excluding hydrogens is 214 g/mol. The predicted octanol–water partition coefficient (Wildman–Crippen LogP) is 2.86. The summed E-state index contributed by atoms with van der Waals surface area (Å²) in [7, 11) is 0. The quantitative estimate of drug-likeness (QED) is 0.596. The first kappa shape index (κ1) is 9.78. The Kier molecular flexibility index (Phi) is 2.22. The Hall–Kier alpha value is -2.42. The van der Waals surface area contributed by atoms with Gasteiger partial charge in [0, 0.05) is 23.2 Å². The lowest BCUT2D eigenvalue weighted by molar-refractivity contribution is 0.561. The molecule has 3 rings (SSSR count). The first-order valence-electron chi connectivity index (χ1n) is 5.29. The molecule has 0 atom stereocenters. The highest BCUT2D eigenvalue weighted by molar-refractivity contribution is 5.91. The van der Waals surface area contributed by atoms with Crippen molar-refractivity contribution in [2.45, 2.75) is 0 Å². The van der Waals surface area contributed by atoms with Gasteiger partial charge in [0.25, 0.3) is 0 Å². The number of hydrogen-bond donors (Lipinski definition) is 0. The number of pyridine rings is 1. The Morgan fingerprint density at radius 2 is 1.82 bits per heavy atom. The fraction of sp³-hybridized carbons (Fsp3) is 0. The molecule has 0 saturated heterocycles. The van der Waals surface area contributed by atoms with Crippen LogP contribution in [-0.4, -0.2) is 4.98 Å². The summed E-state index contributed by atoms with van der Waals surface area (Å²) in [6, 6.07) is 14.5. The maximum atomic E-state index is 11.5. The molecule has 82 valence electrons. The molecule has 0 saturated carbocycles. The molecule has 0 aliphatic carbocycles. The molecule has 0 spiro atoms. The number of hydrogen-bond acceptors (Lipinski definition) is 3. The number of nitrogens with zero attached hydrogens (tertiary/aromatic N) is 1. The maximum Gasteiger partial charge on any atom is 0.336 e. The Balaban J connectivity index is 2.40. The molecule has 1 aromatic carbocycles. The topological polar surface area (TPSA) is 43.1 Å². The molecule has 3 heteroatoms. The fourth-order valence-corrected chi connectivity index (χ4v) is 1.85. The second-order valence-electron chi connectivity index (χ2n) is 3.69. The first-order valence-corrected chi connectivity index (χ1v) is 5.29. The molecule has 3 aromatic rings. The number of rotatable bonds is 1. The van der Waals surface area contributed by atoms with E-state index in [9.17, 15) is 4.79 Å². The lowest BCUT2D eigenvalue weighted by Gasteiger charge is -2.03. The molecular formula is C14H9NO2. The third kappa shape index (κ3) is 1.72. The van der Waals surface area contributed by atoms with Gasteiger partial charge >= 0.3 is 5.63 Å². The minimum absolute atomic E-state index is 0.357. The zero-order chi connectivity index (χ0) is 11.7. The highest BCUT2D eigenvalue weighted by Crippen LogP contribution is 2.24. The summed E-state index contributed by atoms with van der Waals surface area (Å²) in [6.45, 7) is 0. The van der Waals surface area contributed by atoms with Crippen LogP contribution in [-0.2, 0) is 0 Å². The normalized spacial score (nSPS) is 10.6. The first-order chi connectivity index (χ1) is 8.34. The van der Waals surface area contributed by atoms with Crippen molar-refractivity contribution in [1.29, 1.82) is 0 Å². The van der Waals surface area contributed by atoms with Crippen LogP contribution in [0.1, 0.15) is 0 Å². The standard InChI is InChI=1S/C14H9NO2/c16-14-9-11(12-6-3-4-8-15-12)10-5-1-2-7-13(10)17-14/h1-9H. The minimum atomic E-state index is -0.357. The van der Waals surface area contributed by atoms with Crippen molar-refractivity contribution in [3.63, 3.8) is 0 Å². The fourth-order valence-electron chi connectivity index (χ4n) is 1.85. The summed E-state index contributed by atoms with van der Waals surface area (Å²) in [5, 5.41) is 0.894. The number of benzene rings is 1. The molecule has 0 fully saturated rings. The van der Waals surface area contributed by atoms with Crippen molar-refractivity contribution in [3.8, 4) is 11.3 Å². The van der Waals surface area contributed by atoms with Crippen LogP contribution < -0.4 is 5.63 Å². The highest BCUT2D eigenvalue weighted by atomic mass is 16.4. The molecule has 17 heavy (non-hydrogen) atoms. The van der Waals surface area contributed by atoms with Gasteiger partial charge in [-0.05, 0) is 18.2 Å². The average Bonchev–Trinajstić information content (AvgIpc) is 2.39. The summed E-state index contributed by atoms with van der Waals surface area (Å²) in [5.41, 5.74) is 1.80. The molecule has 0 N–H and O–H groups in total. The van der Waals surface area contributed by atoms with E-state index in [1.807, 2.05) is 36.4 Å². The lowest BCUT2D eigenvalue weighted by Crippen LogP contribution is -1.98. The molecule has 3 nitrogen and oxygen atoms in total. The van der Waals surface area contributed by atoms with Gasteiger partial charge in [-0.1, -0.05) is 24.3 Å². The van der Waals surface area contributed by atoms with E-state index in [1.165, 1.54) is 6.07 Å². The third-order valence-electron chi connectivity index (χ3n) is 2.59. The van der Waals surface area contributed by atoms with E-state index in [-0.39, 0.29) is 5.63 Å². The van der Waals surface area contributed by atoms with Crippen LogP contribution in [0, 0.1) is 0 Å². The number of para-hydroxylation sites is 1. The largest absolute Gasteiger partial charge is 0.423 e. The molecule has 2 aromatic heterocycles. The van der Waals surface area contributed by atoms with E-state index >= 15 is 0 Å². The second kappa shape index (κ2) is 3.87. The monoisotopic (exact) mass is 223 g/mol. The predicted molar refractivity (Wildman–Crippen MR) is 65.7 cm³/mol. The van der Waals surface area contributed by atoms with Crippen molar-refractivity contribution >= 4 is 11.0 Å². The second-order valence-corrected chi connectivity index (χ2v) is 3.69. The van der Waals surface area contributed by atoms with E-state index in [0.29, 0.717) is 5.58 Å². The highest BCUT2D eigenvalue weighted by Gasteiger charge is 2.07. The minimum Gasteiger partial charge on any atom is -0.423 e. The van der Waals surface area contributed by atoms with E-state index in [4.69, 9.17) is 4.42 Å². The van der Waals surface area contributed by atoms with Gasteiger partial charge in [0.05, 0.1) is 5.69 Å². The van der Waals surface area contributed by atoms with Crippen LogP contribution in [0.2, 0.25) is 0 Å². The van der Waals surface area contributed by atoms with Crippen LogP contribution >= 0.6 is 0 Å². The van der Waals surface area contributed by atoms with Gasteiger partial charge in [-0.15, -0.1) is 0 Å². The summed E-state index contributed by atoms with van der Waals surface area (Å²) < 4.78 is 5.14. The van der Waals surface area contributed by atoms with E-state index < -0.39 is 0 Å². The van der Waals surface area contributed by atoms with Crippen LogP contribution in [0.15, 0.2) is 63.9 Å².